The number of carbonyl (C=O) groups is 1. The van der Waals surface area contributed by atoms with E-state index in [1.807, 2.05) is 19.3 Å². The van der Waals surface area contributed by atoms with Gasteiger partial charge in [0.15, 0.2) is 0 Å². The molecule has 0 fully saturated rings. The van der Waals surface area contributed by atoms with Gasteiger partial charge in [0.25, 0.3) is 0 Å². The van der Waals surface area contributed by atoms with E-state index in [0.717, 1.165) is 12.1 Å². The minimum Gasteiger partial charge on any atom is -0.350 e. The number of aromatic nitrogens is 2. The quantitative estimate of drug-likeness (QED) is 0.822. The lowest BCUT2D eigenvalue weighted by Gasteiger charge is -2.24. The molecule has 5 nitrogen and oxygen atoms in total. The molecule has 0 spiro atoms. The number of hydrogen-bond acceptors (Lipinski definition) is 3. The molecule has 0 bridgehead atoms. The molecule has 0 saturated heterocycles. The summed E-state index contributed by atoms with van der Waals surface area (Å²) >= 11 is 0. The van der Waals surface area contributed by atoms with Crippen LogP contribution >= 0.6 is 0 Å². The lowest BCUT2D eigenvalue weighted by Crippen LogP contribution is -2.36. The second kappa shape index (κ2) is 6.00. The van der Waals surface area contributed by atoms with Gasteiger partial charge in [0.1, 0.15) is 0 Å². The Morgan fingerprint density at radius 1 is 1.56 bits per heavy atom. The molecule has 1 aromatic heterocycles. The Hall–Kier alpha value is -1.36. The third-order valence-corrected chi connectivity index (χ3v) is 2.73. The molecule has 1 rings (SSSR count). The van der Waals surface area contributed by atoms with Gasteiger partial charge >= 0.3 is 0 Å². The molecule has 1 atom stereocenters. The zero-order chi connectivity index (χ0) is 13.8. The molecule has 0 aliphatic carbocycles. The number of hydrogen-bond donors (Lipinski definition) is 2. The average Bonchev–Trinajstić information content (AvgIpc) is 2.67. The summed E-state index contributed by atoms with van der Waals surface area (Å²) < 4.78 is 1.72. The number of rotatable bonds is 5. The van der Waals surface area contributed by atoms with Crippen molar-refractivity contribution < 1.29 is 4.79 Å². The molecule has 0 aliphatic rings. The summed E-state index contributed by atoms with van der Waals surface area (Å²) in [6.07, 6.45) is 2.65. The highest BCUT2D eigenvalue weighted by atomic mass is 16.1. The average molecular weight is 252 g/mol. The van der Waals surface area contributed by atoms with Crippen LogP contribution in [0.5, 0.6) is 0 Å². The number of carbonyl (C=O) groups excluding carboxylic acids is 1. The zero-order valence-electron chi connectivity index (χ0n) is 11.7. The maximum absolute atomic E-state index is 12.0. The summed E-state index contributed by atoms with van der Waals surface area (Å²) in [4.78, 5) is 12.0. The summed E-state index contributed by atoms with van der Waals surface area (Å²) in [5, 5.41) is 7.10. The Balaban J connectivity index is 2.47. The Bertz CT molecular complexity index is 392. The van der Waals surface area contributed by atoms with E-state index >= 15 is 0 Å². The molecule has 1 amide bonds. The third kappa shape index (κ3) is 4.87. The van der Waals surface area contributed by atoms with Gasteiger partial charge in [-0.25, -0.2) is 0 Å². The molecule has 0 radical (unpaired) electrons. The van der Waals surface area contributed by atoms with Crippen LogP contribution in [0.3, 0.4) is 0 Å². The number of nitrogens with one attached hydrogen (secondary N) is 1. The van der Waals surface area contributed by atoms with Crippen molar-refractivity contribution in [1.29, 1.82) is 0 Å². The maximum Gasteiger partial charge on any atom is 0.224 e. The lowest BCUT2D eigenvalue weighted by molar-refractivity contribution is -0.125. The van der Waals surface area contributed by atoms with Gasteiger partial charge in [-0.05, 0) is 17.9 Å². The minimum atomic E-state index is -0.131. The van der Waals surface area contributed by atoms with Crippen LogP contribution < -0.4 is 11.1 Å². The molecular weight excluding hydrogens is 228 g/mol. The molecule has 102 valence electrons. The molecule has 3 N–H and O–H groups in total. The fraction of sp³-hybridized carbons (Fsp3) is 0.692. The van der Waals surface area contributed by atoms with Crippen LogP contribution in [0.25, 0.3) is 0 Å². The van der Waals surface area contributed by atoms with Gasteiger partial charge < -0.3 is 11.1 Å². The second-order valence-electron chi connectivity index (χ2n) is 5.90. The van der Waals surface area contributed by atoms with Crippen LogP contribution in [0.4, 0.5) is 0 Å². The standard InChI is InChI=1S/C13H24N4O/c1-13(2,3)7-10(8-14)12(18)15-9-11-5-6-17(4)16-11/h5-6,10H,7-9,14H2,1-4H3,(H,15,18). The smallest absolute Gasteiger partial charge is 0.224 e. The summed E-state index contributed by atoms with van der Waals surface area (Å²) in [5.41, 5.74) is 6.64. The highest BCUT2D eigenvalue weighted by Crippen LogP contribution is 2.23. The lowest BCUT2D eigenvalue weighted by atomic mass is 9.84. The fourth-order valence-electron chi connectivity index (χ4n) is 1.90. The second-order valence-corrected chi connectivity index (χ2v) is 5.90. The molecule has 1 aromatic rings. The van der Waals surface area contributed by atoms with Gasteiger partial charge in [-0.1, -0.05) is 20.8 Å². The zero-order valence-corrected chi connectivity index (χ0v) is 11.7. The van der Waals surface area contributed by atoms with Crippen molar-refractivity contribution in [2.45, 2.75) is 33.7 Å². The monoisotopic (exact) mass is 252 g/mol. The van der Waals surface area contributed by atoms with E-state index in [9.17, 15) is 4.79 Å². The van der Waals surface area contributed by atoms with Crippen LogP contribution in [0.2, 0.25) is 0 Å². The van der Waals surface area contributed by atoms with E-state index in [-0.39, 0.29) is 17.2 Å². The summed E-state index contributed by atoms with van der Waals surface area (Å²) in [6, 6.07) is 1.89. The predicted molar refractivity (Wildman–Crippen MR) is 71.7 cm³/mol. The molecule has 1 unspecified atom stereocenters. The van der Waals surface area contributed by atoms with Gasteiger partial charge in [0, 0.05) is 19.8 Å². The number of amides is 1. The normalized spacial score (nSPS) is 13.4. The van der Waals surface area contributed by atoms with Gasteiger partial charge in [-0.2, -0.15) is 5.10 Å². The Morgan fingerprint density at radius 2 is 2.22 bits per heavy atom. The first kappa shape index (κ1) is 14.7. The first-order valence-corrected chi connectivity index (χ1v) is 6.28. The third-order valence-electron chi connectivity index (χ3n) is 2.73. The van der Waals surface area contributed by atoms with Crippen molar-refractivity contribution in [3.8, 4) is 0 Å². The largest absolute Gasteiger partial charge is 0.350 e. The number of nitrogens with zero attached hydrogens (tertiary/aromatic N) is 2. The fourth-order valence-corrected chi connectivity index (χ4v) is 1.90. The summed E-state index contributed by atoms with van der Waals surface area (Å²) in [6.45, 7) is 7.18. The van der Waals surface area contributed by atoms with E-state index < -0.39 is 0 Å². The van der Waals surface area contributed by atoms with E-state index in [2.05, 4.69) is 31.2 Å². The molecule has 5 heteroatoms. The van der Waals surface area contributed by atoms with Crippen molar-refractivity contribution in [3.63, 3.8) is 0 Å². The summed E-state index contributed by atoms with van der Waals surface area (Å²) in [5.74, 6) is -0.119. The van der Waals surface area contributed by atoms with Crippen LogP contribution in [0, 0.1) is 11.3 Å². The number of aryl methyl sites for hydroxylation is 1. The van der Waals surface area contributed by atoms with Crippen molar-refractivity contribution in [3.05, 3.63) is 18.0 Å². The van der Waals surface area contributed by atoms with Crippen LogP contribution in [-0.2, 0) is 18.4 Å². The van der Waals surface area contributed by atoms with Crippen molar-refractivity contribution in [2.24, 2.45) is 24.1 Å². The van der Waals surface area contributed by atoms with Crippen LogP contribution in [0.1, 0.15) is 32.9 Å². The van der Waals surface area contributed by atoms with Gasteiger partial charge in [0.05, 0.1) is 18.2 Å². The van der Waals surface area contributed by atoms with E-state index in [4.69, 9.17) is 5.73 Å². The van der Waals surface area contributed by atoms with E-state index in [1.165, 1.54) is 0 Å². The van der Waals surface area contributed by atoms with Gasteiger partial charge in [-0.3, -0.25) is 9.48 Å². The van der Waals surface area contributed by atoms with Crippen LogP contribution in [0.15, 0.2) is 12.3 Å². The number of nitrogens with two attached hydrogens (primary N) is 1. The van der Waals surface area contributed by atoms with Crippen molar-refractivity contribution >= 4 is 5.91 Å². The van der Waals surface area contributed by atoms with E-state index in [1.54, 1.807) is 4.68 Å². The summed E-state index contributed by atoms with van der Waals surface area (Å²) in [7, 11) is 1.85. The molecular formula is C13H24N4O. The minimum absolute atomic E-state index is 0.0121. The van der Waals surface area contributed by atoms with Gasteiger partial charge in [0.2, 0.25) is 5.91 Å². The molecule has 18 heavy (non-hydrogen) atoms. The SMILES string of the molecule is Cn1ccc(CNC(=O)C(CN)CC(C)(C)C)n1. The topological polar surface area (TPSA) is 72.9 Å². The maximum atomic E-state index is 12.0. The Kier molecular flexibility index (Phi) is 4.90. The molecule has 0 aromatic carbocycles. The first-order chi connectivity index (χ1) is 8.31. The molecule has 0 saturated carbocycles. The Labute approximate surface area is 109 Å². The first-order valence-electron chi connectivity index (χ1n) is 6.28. The van der Waals surface area contributed by atoms with E-state index in [0.29, 0.717) is 13.1 Å². The van der Waals surface area contributed by atoms with Crippen molar-refractivity contribution in [2.75, 3.05) is 6.54 Å². The highest BCUT2D eigenvalue weighted by Gasteiger charge is 2.23. The van der Waals surface area contributed by atoms with Crippen molar-refractivity contribution in [1.82, 2.24) is 15.1 Å². The molecule has 0 aliphatic heterocycles. The highest BCUT2D eigenvalue weighted by molar-refractivity contribution is 5.78. The Morgan fingerprint density at radius 3 is 2.67 bits per heavy atom. The molecule has 1 heterocycles. The predicted octanol–water partition coefficient (Wildman–Crippen LogP) is 1.05. The van der Waals surface area contributed by atoms with Crippen LogP contribution in [-0.4, -0.2) is 22.2 Å². The van der Waals surface area contributed by atoms with Gasteiger partial charge in [-0.15, -0.1) is 0 Å².